The summed E-state index contributed by atoms with van der Waals surface area (Å²) in [6.07, 6.45) is 15.7. The van der Waals surface area contributed by atoms with Gasteiger partial charge in [0, 0.05) is 5.56 Å². The Labute approximate surface area is 222 Å². The number of unbranched alkanes of at least 4 members (excludes halogenated alkanes) is 7. The van der Waals surface area contributed by atoms with Crippen LogP contribution in [0.1, 0.15) is 114 Å². The Morgan fingerprint density at radius 1 is 0.784 bits per heavy atom. The molecular weight excluding hydrogens is 470 g/mol. The maximum Gasteiger partial charge on any atom is 0.338 e. The SMILES string of the molecule is CCCCCCCCOc1ccc(-c2ccc(C(=O)O[C@H]3CC[C@H](CCCCC)CC3)cc2)c(F)c1F. The first-order valence-electron chi connectivity index (χ1n) is 14.5. The van der Waals surface area contributed by atoms with Crippen molar-refractivity contribution in [3.8, 4) is 16.9 Å². The van der Waals surface area contributed by atoms with Gasteiger partial charge in [-0.15, -0.1) is 0 Å². The van der Waals surface area contributed by atoms with E-state index in [2.05, 4.69) is 13.8 Å². The Balaban J connectivity index is 1.49. The molecule has 1 aliphatic carbocycles. The van der Waals surface area contributed by atoms with Crippen molar-refractivity contribution in [2.24, 2.45) is 5.92 Å². The van der Waals surface area contributed by atoms with E-state index in [9.17, 15) is 13.6 Å². The summed E-state index contributed by atoms with van der Waals surface area (Å²) >= 11 is 0. The number of carbonyl (C=O) groups excluding carboxylic acids is 1. The van der Waals surface area contributed by atoms with E-state index in [1.807, 2.05) is 0 Å². The van der Waals surface area contributed by atoms with Gasteiger partial charge in [-0.25, -0.2) is 9.18 Å². The molecule has 0 saturated heterocycles. The zero-order chi connectivity index (χ0) is 26.5. The molecule has 3 nitrogen and oxygen atoms in total. The van der Waals surface area contributed by atoms with Gasteiger partial charge in [-0.3, -0.25) is 0 Å². The predicted octanol–water partition coefficient (Wildman–Crippen LogP) is 9.67. The van der Waals surface area contributed by atoms with E-state index in [4.69, 9.17) is 9.47 Å². The van der Waals surface area contributed by atoms with E-state index in [1.165, 1.54) is 57.1 Å². The molecule has 0 spiro atoms. The van der Waals surface area contributed by atoms with Crippen molar-refractivity contribution in [2.75, 3.05) is 6.61 Å². The summed E-state index contributed by atoms with van der Waals surface area (Å²) in [5.74, 6) is -1.58. The summed E-state index contributed by atoms with van der Waals surface area (Å²) in [5.41, 5.74) is 1.07. The number of ether oxygens (including phenoxy) is 2. The third kappa shape index (κ3) is 9.12. The van der Waals surface area contributed by atoms with E-state index >= 15 is 0 Å². The molecule has 204 valence electrons. The Morgan fingerprint density at radius 2 is 1.43 bits per heavy atom. The second kappa shape index (κ2) is 15.7. The smallest absolute Gasteiger partial charge is 0.338 e. The molecule has 2 aromatic rings. The van der Waals surface area contributed by atoms with E-state index in [-0.39, 0.29) is 23.4 Å². The standard InChI is InChI=1S/C32H44F2O3/c1-3-5-7-8-9-11-23-36-29-22-21-28(30(33)31(29)34)25-15-17-26(18-16-25)32(35)37-27-19-13-24(14-20-27)12-10-6-4-2/h15-18,21-22,24,27H,3-14,19-20,23H2,1-2H3/t24-,27-. The molecule has 1 aliphatic rings. The van der Waals surface area contributed by atoms with Crippen molar-refractivity contribution >= 4 is 5.97 Å². The Hall–Kier alpha value is -2.43. The van der Waals surface area contributed by atoms with Crippen molar-refractivity contribution in [1.29, 1.82) is 0 Å². The average molecular weight is 515 g/mol. The van der Waals surface area contributed by atoms with Gasteiger partial charge in [-0.1, -0.05) is 83.8 Å². The third-order valence-corrected chi connectivity index (χ3v) is 7.52. The van der Waals surface area contributed by atoms with Gasteiger partial charge in [0.2, 0.25) is 5.82 Å². The molecule has 1 fully saturated rings. The van der Waals surface area contributed by atoms with Crippen LogP contribution >= 0.6 is 0 Å². The molecule has 0 N–H and O–H groups in total. The zero-order valence-corrected chi connectivity index (χ0v) is 22.7. The first kappa shape index (κ1) is 29.1. The molecule has 37 heavy (non-hydrogen) atoms. The lowest BCUT2D eigenvalue weighted by Gasteiger charge is -2.28. The molecule has 0 atom stereocenters. The van der Waals surface area contributed by atoms with Gasteiger partial charge in [-0.05, 0) is 67.9 Å². The van der Waals surface area contributed by atoms with Crippen LogP contribution in [-0.2, 0) is 4.74 Å². The first-order chi connectivity index (χ1) is 18.0. The maximum atomic E-state index is 14.8. The number of halogens is 2. The number of esters is 1. The van der Waals surface area contributed by atoms with Gasteiger partial charge in [0.25, 0.3) is 0 Å². The molecule has 0 aliphatic heterocycles. The fourth-order valence-corrected chi connectivity index (χ4v) is 5.16. The summed E-state index contributed by atoms with van der Waals surface area (Å²) in [4.78, 5) is 12.6. The molecule has 1 saturated carbocycles. The normalized spacial score (nSPS) is 17.5. The molecule has 5 heteroatoms. The summed E-state index contributed by atoms with van der Waals surface area (Å²) in [6, 6.07) is 9.52. The topological polar surface area (TPSA) is 35.5 Å². The number of hydrogen-bond donors (Lipinski definition) is 0. The van der Waals surface area contributed by atoms with Gasteiger partial charge >= 0.3 is 5.97 Å². The van der Waals surface area contributed by atoms with Crippen molar-refractivity contribution in [3.05, 3.63) is 53.6 Å². The van der Waals surface area contributed by atoms with Crippen LogP contribution in [0.3, 0.4) is 0 Å². The monoisotopic (exact) mass is 514 g/mol. The van der Waals surface area contributed by atoms with E-state index in [0.29, 0.717) is 17.7 Å². The number of benzene rings is 2. The number of rotatable bonds is 15. The van der Waals surface area contributed by atoms with Crippen LogP contribution in [0.15, 0.2) is 36.4 Å². The van der Waals surface area contributed by atoms with Crippen LogP contribution in [0.2, 0.25) is 0 Å². The van der Waals surface area contributed by atoms with Crippen LogP contribution < -0.4 is 4.74 Å². The van der Waals surface area contributed by atoms with Crippen molar-refractivity contribution < 1.29 is 23.0 Å². The molecule has 0 bridgehead atoms. The van der Waals surface area contributed by atoms with Crippen molar-refractivity contribution in [3.63, 3.8) is 0 Å². The van der Waals surface area contributed by atoms with Gasteiger partial charge in [0.05, 0.1) is 12.2 Å². The minimum atomic E-state index is -0.975. The lowest BCUT2D eigenvalue weighted by molar-refractivity contribution is 0.0161. The Bertz CT molecular complexity index is 949. The average Bonchev–Trinajstić information content (AvgIpc) is 2.92. The minimum Gasteiger partial charge on any atom is -0.490 e. The molecule has 0 amide bonds. The van der Waals surface area contributed by atoms with Crippen LogP contribution in [0.5, 0.6) is 5.75 Å². The van der Waals surface area contributed by atoms with Crippen LogP contribution in [0.25, 0.3) is 11.1 Å². The minimum absolute atomic E-state index is 0.0370. The molecule has 2 aromatic carbocycles. The van der Waals surface area contributed by atoms with Crippen LogP contribution in [0, 0.1) is 17.6 Å². The zero-order valence-electron chi connectivity index (χ0n) is 22.7. The molecule has 0 radical (unpaired) electrons. The molecule has 0 aromatic heterocycles. The molecule has 0 heterocycles. The van der Waals surface area contributed by atoms with Gasteiger partial charge in [0.15, 0.2) is 11.6 Å². The fourth-order valence-electron chi connectivity index (χ4n) is 5.16. The third-order valence-electron chi connectivity index (χ3n) is 7.52. The molecular formula is C32H44F2O3. The highest BCUT2D eigenvalue weighted by atomic mass is 19.2. The highest BCUT2D eigenvalue weighted by Gasteiger charge is 2.24. The Kier molecular flexibility index (Phi) is 12.4. The number of hydrogen-bond acceptors (Lipinski definition) is 3. The Morgan fingerprint density at radius 3 is 2.14 bits per heavy atom. The summed E-state index contributed by atoms with van der Waals surface area (Å²) in [6.45, 7) is 4.77. The predicted molar refractivity (Wildman–Crippen MR) is 146 cm³/mol. The van der Waals surface area contributed by atoms with E-state index < -0.39 is 11.6 Å². The van der Waals surface area contributed by atoms with Crippen LogP contribution in [-0.4, -0.2) is 18.7 Å². The van der Waals surface area contributed by atoms with Gasteiger partial charge in [0.1, 0.15) is 6.10 Å². The number of carbonyl (C=O) groups is 1. The fraction of sp³-hybridized carbons (Fsp3) is 0.594. The quantitative estimate of drug-likeness (QED) is 0.175. The molecule has 0 unspecified atom stereocenters. The highest BCUT2D eigenvalue weighted by molar-refractivity contribution is 5.90. The van der Waals surface area contributed by atoms with Crippen LogP contribution in [0.4, 0.5) is 8.78 Å². The first-order valence-corrected chi connectivity index (χ1v) is 14.5. The molecule has 3 rings (SSSR count). The second-order valence-electron chi connectivity index (χ2n) is 10.5. The summed E-state index contributed by atoms with van der Waals surface area (Å²) in [7, 11) is 0. The lowest BCUT2D eigenvalue weighted by atomic mass is 9.84. The largest absolute Gasteiger partial charge is 0.490 e. The van der Waals surface area contributed by atoms with Crippen molar-refractivity contribution in [2.45, 2.75) is 110 Å². The van der Waals surface area contributed by atoms with E-state index in [1.54, 1.807) is 24.3 Å². The van der Waals surface area contributed by atoms with Gasteiger partial charge in [-0.2, -0.15) is 4.39 Å². The highest BCUT2D eigenvalue weighted by Crippen LogP contribution is 2.32. The van der Waals surface area contributed by atoms with Gasteiger partial charge < -0.3 is 9.47 Å². The van der Waals surface area contributed by atoms with E-state index in [0.717, 1.165) is 50.9 Å². The lowest BCUT2D eigenvalue weighted by Crippen LogP contribution is -2.24. The summed E-state index contributed by atoms with van der Waals surface area (Å²) in [5, 5.41) is 0. The van der Waals surface area contributed by atoms with Crippen molar-refractivity contribution in [1.82, 2.24) is 0 Å². The maximum absolute atomic E-state index is 14.8. The summed E-state index contributed by atoms with van der Waals surface area (Å²) < 4.78 is 40.7. The second-order valence-corrected chi connectivity index (χ2v) is 10.5.